The van der Waals surface area contributed by atoms with Gasteiger partial charge in [-0.25, -0.2) is 4.98 Å². The maximum absolute atomic E-state index is 5.52. The molecule has 0 unspecified atom stereocenters. The van der Waals surface area contributed by atoms with Crippen molar-refractivity contribution in [2.24, 2.45) is 0 Å². The van der Waals surface area contributed by atoms with E-state index in [0.29, 0.717) is 6.61 Å². The molecule has 0 aliphatic rings. The molecule has 118 valence electrons. The van der Waals surface area contributed by atoms with Crippen molar-refractivity contribution < 1.29 is 9.72 Å². The van der Waals surface area contributed by atoms with Gasteiger partial charge in [0.25, 0.3) is 0 Å². The van der Waals surface area contributed by atoms with Gasteiger partial charge in [0.1, 0.15) is 5.75 Å². The van der Waals surface area contributed by atoms with E-state index in [9.17, 15) is 0 Å². The zero-order valence-corrected chi connectivity index (χ0v) is 13.5. The highest BCUT2D eigenvalue weighted by molar-refractivity contribution is 6.05. The molecule has 0 saturated heterocycles. The van der Waals surface area contributed by atoms with Crippen molar-refractivity contribution in [3.05, 3.63) is 72.8 Å². The van der Waals surface area contributed by atoms with E-state index in [1.165, 1.54) is 10.8 Å². The molecule has 24 heavy (non-hydrogen) atoms. The Bertz CT molecular complexity index is 939. The Morgan fingerprint density at radius 3 is 1.96 bits per heavy atom. The lowest BCUT2D eigenvalue weighted by molar-refractivity contribution is -0.310. The van der Waals surface area contributed by atoms with Crippen molar-refractivity contribution in [3.8, 4) is 5.75 Å². The third-order valence-electron chi connectivity index (χ3n) is 4.10. The summed E-state index contributed by atoms with van der Waals surface area (Å²) in [6.45, 7) is 2.67. The fourth-order valence-electron chi connectivity index (χ4n) is 2.99. The van der Waals surface area contributed by atoms with Gasteiger partial charge in [-0.15, -0.1) is 0 Å². The summed E-state index contributed by atoms with van der Waals surface area (Å²) in [6.07, 6.45) is 0. The van der Waals surface area contributed by atoms with Crippen LogP contribution in [-0.4, -0.2) is 6.61 Å². The molecule has 4 aromatic rings. The summed E-state index contributed by atoms with van der Waals surface area (Å²) in [6, 6.07) is 24.8. The molecule has 0 fully saturated rings. The lowest BCUT2D eigenvalue weighted by atomic mass is 10.1. The first-order chi connectivity index (χ1) is 11.8. The Morgan fingerprint density at radius 1 is 0.792 bits per heavy atom. The average molecular weight is 315 g/mol. The van der Waals surface area contributed by atoms with Crippen molar-refractivity contribution in [2.45, 2.75) is 6.92 Å². The summed E-state index contributed by atoms with van der Waals surface area (Å²) in [7, 11) is 0. The minimum atomic E-state index is 0.677. The van der Waals surface area contributed by atoms with Crippen LogP contribution in [0.1, 0.15) is 6.92 Å². The quantitative estimate of drug-likeness (QED) is 0.541. The zero-order chi connectivity index (χ0) is 16.4. The zero-order valence-electron chi connectivity index (χ0n) is 13.5. The first-order valence-electron chi connectivity index (χ1n) is 8.18. The van der Waals surface area contributed by atoms with E-state index in [1.54, 1.807) is 0 Å². The van der Waals surface area contributed by atoms with Crippen molar-refractivity contribution in [2.75, 3.05) is 11.9 Å². The van der Waals surface area contributed by atoms with Gasteiger partial charge in [0.05, 0.1) is 23.1 Å². The van der Waals surface area contributed by atoms with Crippen LogP contribution < -0.4 is 15.0 Å². The number of H-pyrrole nitrogens is 1. The number of hydrogen-bond acceptors (Lipinski definition) is 2. The number of fused-ring (bicyclic) bond motifs is 2. The fourth-order valence-corrected chi connectivity index (χ4v) is 2.99. The molecular formula is C21H19N2O+. The van der Waals surface area contributed by atoms with Gasteiger partial charge in [-0.05, 0) is 43.3 Å². The molecule has 0 amide bonds. The van der Waals surface area contributed by atoms with Gasteiger partial charge < -0.3 is 10.1 Å². The largest absolute Gasteiger partial charge is 0.494 e. The predicted octanol–water partition coefficient (Wildman–Crippen LogP) is 4.95. The Hall–Kier alpha value is -3.07. The summed E-state index contributed by atoms with van der Waals surface area (Å²) in [5, 5.41) is 5.93. The SMILES string of the molecule is CCOc1ccc(Nc2c3ccccc3[nH+]c3ccccc23)cc1. The number of aromatic amines is 1. The summed E-state index contributed by atoms with van der Waals surface area (Å²) in [4.78, 5) is 3.50. The molecule has 3 aromatic carbocycles. The Labute approximate surface area is 140 Å². The molecule has 1 aromatic heterocycles. The standard InChI is InChI=1S/C21H18N2O/c1-2-24-16-13-11-15(12-14-16)22-21-17-7-3-5-9-19(17)23-20-10-6-4-8-18(20)21/h3-14H,2H2,1H3,(H,22,23)/p+1. The van der Waals surface area contributed by atoms with Crippen LogP contribution >= 0.6 is 0 Å². The van der Waals surface area contributed by atoms with Gasteiger partial charge >= 0.3 is 0 Å². The first-order valence-corrected chi connectivity index (χ1v) is 8.18. The lowest BCUT2D eigenvalue weighted by Crippen LogP contribution is -2.07. The van der Waals surface area contributed by atoms with Gasteiger partial charge in [0, 0.05) is 17.8 Å². The molecule has 3 heteroatoms. The molecule has 0 atom stereocenters. The number of nitrogens with one attached hydrogen (secondary N) is 2. The highest BCUT2D eigenvalue weighted by Gasteiger charge is 2.13. The predicted molar refractivity (Wildman–Crippen MR) is 98.9 cm³/mol. The number of pyridine rings is 1. The second kappa shape index (κ2) is 6.20. The Balaban J connectivity index is 1.84. The minimum absolute atomic E-state index is 0.677. The van der Waals surface area contributed by atoms with E-state index in [1.807, 2.05) is 43.3 Å². The van der Waals surface area contributed by atoms with Crippen LogP contribution in [0, 0.1) is 0 Å². The molecule has 0 spiro atoms. The van der Waals surface area contributed by atoms with Gasteiger partial charge in [0.15, 0.2) is 0 Å². The van der Waals surface area contributed by atoms with Crippen LogP contribution in [0.4, 0.5) is 11.4 Å². The number of rotatable bonds is 4. The molecule has 1 heterocycles. The van der Waals surface area contributed by atoms with Gasteiger partial charge in [-0.1, -0.05) is 24.3 Å². The highest BCUT2D eigenvalue weighted by Crippen LogP contribution is 2.31. The van der Waals surface area contributed by atoms with E-state index in [0.717, 1.165) is 28.2 Å². The number of ether oxygens (including phenoxy) is 1. The van der Waals surface area contributed by atoms with Crippen LogP contribution in [0.3, 0.4) is 0 Å². The third-order valence-corrected chi connectivity index (χ3v) is 4.10. The second-order valence-electron chi connectivity index (χ2n) is 5.67. The molecule has 0 radical (unpaired) electrons. The minimum Gasteiger partial charge on any atom is -0.494 e. The van der Waals surface area contributed by atoms with E-state index < -0.39 is 0 Å². The van der Waals surface area contributed by atoms with Crippen molar-refractivity contribution in [1.82, 2.24) is 0 Å². The van der Waals surface area contributed by atoms with Crippen LogP contribution in [0.2, 0.25) is 0 Å². The normalized spacial score (nSPS) is 10.9. The van der Waals surface area contributed by atoms with Crippen molar-refractivity contribution in [3.63, 3.8) is 0 Å². The van der Waals surface area contributed by atoms with Gasteiger partial charge in [0.2, 0.25) is 11.0 Å². The Morgan fingerprint density at radius 2 is 1.38 bits per heavy atom. The highest BCUT2D eigenvalue weighted by atomic mass is 16.5. The number of hydrogen-bond donors (Lipinski definition) is 1. The van der Waals surface area contributed by atoms with Gasteiger partial charge in [-0.3, -0.25) is 0 Å². The maximum atomic E-state index is 5.52. The topological polar surface area (TPSA) is 35.4 Å². The molecule has 2 N–H and O–H groups in total. The van der Waals surface area contributed by atoms with E-state index in [4.69, 9.17) is 4.74 Å². The van der Waals surface area contributed by atoms with Crippen LogP contribution in [0.15, 0.2) is 72.8 Å². The molecule has 0 aliphatic carbocycles. The monoisotopic (exact) mass is 315 g/mol. The first kappa shape index (κ1) is 14.5. The van der Waals surface area contributed by atoms with Crippen LogP contribution in [0.25, 0.3) is 21.8 Å². The van der Waals surface area contributed by atoms with Crippen molar-refractivity contribution >= 4 is 33.2 Å². The number of anilines is 2. The van der Waals surface area contributed by atoms with Crippen LogP contribution in [0.5, 0.6) is 5.75 Å². The third kappa shape index (κ3) is 2.65. The van der Waals surface area contributed by atoms with Crippen LogP contribution in [-0.2, 0) is 0 Å². The summed E-state index contributed by atoms with van der Waals surface area (Å²) < 4.78 is 5.52. The average Bonchev–Trinajstić information content (AvgIpc) is 2.63. The number of aromatic nitrogens is 1. The van der Waals surface area contributed by atoms with Crippen molar-refractivity contribution in [1.29, 1.82) is 0 Å². The second-order valence-corrected chi connectivity index (χ2v) is 5.67. The molecular weight excluding hydrogens is 296 g/mol. The molecule has 0 saturated carbocycles. The summed E-state index contributed by atoms with van der Waals surface area (Å²) >= 11 is 0. The summed E-state index contributed by atoms with van der Waals surface area (Å²) in [5.74, 6) is 0.888. The molecule has 0 aliphatic heterocycles. The maximum Gasteiger partial charge on any atom is 0.213 e. The van der Waals surface area contributed by atoms with E-state index in [-0.39, 0.29) is 0 Å². The number of benzene rings is 3. The fraction of sp³-hybridized carbons (Fsp3) is 0.0952. The Kier molecular flexibility index (Phi) is 3.75. The smallest absolute Gasteiger partial charge is 0.213 e. The lowest BCUT2D eigenvalue weighted by Gasteiger charge is -2.11. The van der Waals surface area contributed by atoms with E-state index >= 15 is 0 Å². The van der Waals surface area contributed by atoms with E-state index in [2.05, 4.69) is 46.7 Å². The summed E-state index contributed by atoms with van der Waals surface area (Å²) in [5.41, 5.74) is 4.39. The molecule has 0 bridgehead atoms. The molecule has 4 rings (SSSR count). The number of para-hydroxylation sites is 2. The molecule has 3 nitrogen and oxygen atoms in total. The van der Waals surface area contributed by atoms with Gasteiger partial charge in [-0.2, -0.15) is 0 Å².